The average molecular weight is 293 g/mol. The summed E-state index contributed by atoms with van der Waals surface area (Å²) in [7, 11) is 1.78. The highest BCUT2D eigenvalue weighted by Crippen LogP contribution is 2.25. The van der Waals surface area contributed by atoms with Gasteiger partial charge in [-0.05, 0) is 19.8 Å². The number of nitrogens with zero attached hydrogens (tertiary/aromatic N) is 4. The van der Waals surface area contributed by atoms with Crippen LogP contribution in [0.4, 0.5) is 0 Å². The third-order valence-electron chi connectivity index (χ3n) is 4.00. The highest BCUT2D eigenvalue weighted by Gasteiger charge is 2.46. The minimum absolute atomic E-state index is 0.0849. The first kappa shape index (κ1) is 15.5. The van der Waals surface area contributed by atoms with Crippen LogP contribution < -0.4 is 5.32 Å². The molecule has 0 spiro atoms. The molecule has 1 N–H and O–H groups in total. The van der Waals surface area contributed by atoms with Gasteiger partial charge in [-0.15, -0.1) is 5.10 Å². The van der Waals surface area contributed by atoms with Crippen molar-refractivity contribution in [3.63, 3.8) is 0 Å². The zero-order chi connectivity index (χ0) is 15.8. The van der Waals surface area contributed by atoms with Crippen LogP contribution in [0.2, 0.25) is 0 Å². The molecule has 21 heavy (non-hydrogen) atoms. The summed E-state index contributed by atoms with van der Waals surface area (Å²) in [5, 5.41) is 10.7. The third-order valence-corrected chi connectivity index (χ3v) is 4.00. The molecule has 0 aliphatic carbocycles. The number of carbonyl (C=O) groups excluding carboxylic acids is 2. The minimum Gasteiger partial charge on any atom is -0.340 e. The number of piperazine rings is 1. The molecular weight excluding hydrogens is 270 g/mol. The van der Waals surface area contributed by atoms with Crippen molar-refractivity contribution in [3.05, 3.63) is 11.9 Å². The Balaban J connectivity index is 2.33. The molecule has 2 atom stereocenters. The fourth-order valence-corrected chi connectivity index (χ4v) is 2.66. The van der Waals surface area contributed by atoms with Crippen LogP contribution in [0.25, 0.3) is 0 Å². The van der Waals surface area contributed by atoms with E-state index in [0.717, 1.165) is 6.42 Å². The molecule has 7 nitrogen and oxygen atoms in total. The molecule has 1 aromatic rings. The van der Waals surface area contributed by atoms with Crippen LogP contribution >= 0.6 is 0 Å². The van der Waals surface area contributed by atoms with Gasteiger partial charge in [0.05, 0.1) is 6.54 Å². The maximum absolute atomic E-state index is 12.7. The van der Waals surface area contributed by atoms with Crippen LogP contribution in [0.5, 0.6) is 0 Å². The van der Waals surface area contributed by atoms with E-state index < -0.39 is 11.6 Å². The van der Waals surface area contributed by atoms with Crippen molar-refractivity contribution in [2.75, 3.05) is 0 Å². The van der Waals surface area contributed by atoms with E-state index in [0.29, 0.717) is 12.2 Å². The normalized spacial score (nSPS) is 23.1. The smallest absolute Gasteiger partial charge is 0.248 e. The van der Waals surface area contributed by atoms with E-state index in [4.69, 9.17) is 0 Å². The largest absolute Gasteiger partial charge is 0.340 e. The van der Waals surface area contributed by atoms with Crippen LogP contribution in [0.3, 0.4) is 0 Å². The summed E-state index contributed by atoms with van der Waals surface area (Å²) in [5.41, 5.74) is -0.201. The molecule has 1 aliphatic heterocycles. The van der Waals surface area contributed by atoms with E-state index >= 15 is 0 Å². The van der Waals surface area contributed by atoms with Gasteiger partial charge in [-0.2, -0.15) is 0 Å². The number of aromatic nitrogens is 3. The number of hydrogen-bond donors (Lipinski definition) is 1. The molecule has 1 fully saturated rings. The molecule has 116 valence electrons. The van der Waals surface area contributed by atoms with E-state index in [2.05, 4.69) is 15.6 Å². The van der Waals surface area contributed by atoms with Crippen molar-refractivity contribution >= 4 is 11.8 Å². The molecule has 7 heteroatoms. The van der Waals surface area contributed by atoms with Crippen molar-refractivity contribution < 1.29 is 9.59 Å². The first-order chi connectivity index (χ1) is 9.76. The van der Waals surface area contributed by atoms with Gasteiger partial charge in [0, 0.05) is 13.2 Å². The number of nitrogens with one attached hydrogen (secondary N) is 1. The number of carbonyl (C=O) groups is 2. The van der Waals surface area contributed by atoms with Crippen molar-refractivity contribution in [2.45, 2.75) is 52.2 Å². The molecule has 0 aromatic carbocycles. The van der Waals surface area contributed by atoms with Crippen molar-refractivity contribution in [1.29, 1.82) is 0 Å². The van der Waals surface area contributed by atoms with Gasteiger partial charge in [-0.25, -0.2) is 0 Å². The topological polar surface area (TPSA) is 80.1 Å². The van der Waals surface area contributed by atoms with Crippen LogP contribution in [-0.4, -0.2) is 43.3 Å². The number of aryl methyl sites for hydroxylation is 1. The van der Waals surface area contributed by atoms with Gasteiger partial charge in [0.1, 0.15) is 17.3 Å². The molecule has 1 saturated heterocycles. The monoisotopic (exact) mass is 293 g/mol. The van der Waals surface area contributed by atoms with Crippen molar-refractivity contribution in [2.24, 2.45) is 13.0 Å². The summed E-state index contributed by atoms with van der Waals surface area (Å²) in [6.45, 7) is 7.76. The molecule has 0 radical (unpaired) electrons. The predicted octanol–water partition coefficient (Wildman–Crippen LogP) is 0.467. The van der Waals surface area contributed by atoms with Crippen molar-refractivity contribution in [3.8, 4) is 0 Å². The summed E-state index contributed by atoms with van der Waals surface area (Å²) in [4.78, 5) is 26.7. The highest BCUT2D eigenvalue weighted by molar-refractivity contribution is 5.99. The summed E-state index contributed by atoms with van der Waals surface area (Å²) in [6.07, 6.45) is 2.59. The van der Waals surface area contributed by atoms with Gasteiger partial charge in [0.15, 0.2) is 0 Å². The van der Waals surface area contributed by atoms with Gasteiger partial charge >= 0.3 is 0 Å². The molecule has 2 unspecified atom stereocenters. The fourth-order valence-electron chi connectivity index (χ4n) is 2.66. The zero-order valence-corrected chi connectivity index (χ0v) is 13.3. The Labute approximate surface area is 124 Å². The molecular formula is C14H23N5O2. The second-order valence-electron chi connectivity index (χ2n) is 6.26. The minimum atomic E-state index is -0.886. The van der Waals surface area contributed by atoms with E-state index in [1.54, 1.807) is 36.7 Å². The van der Waals surface area contributed by atoms with E-state index in [1.165, 1.54) is 0 Å². The Morgan fingerprint density at radius 3 is 2.62 bits per heavy atom. The molecule has 2 amide bonds. The summed E-state index contributed by atoms with van der Waals surface area (Å²) < 4.78 is 1.59. The Hall–Kier alpha value is -1.92. The molecule has 0 saturated carbocycles. The Morgan fingerprint density at radius 1 is 1.43 bits per heavy atom. The zero-order valence-electron chi connectivity index (χ0n) is 13.3. The quantitative estimate of drug-likeness (QED) is 0.875. The van der Waals surface area contributed by atoms with E-state index in [9.17, 15) is 9.59 Å². The molecule has 0 bridgehead atoms. The standard InChI is InChI=1S/C14H23N5O2/c1-6-9(2)11-12(20)15-14(3,4)13(21)19(11)8-10-7-18(5)17-16-10/h7,9,11H,6,8H2,1-5H3,(H,15,20). The highest BCUT2D eigenvalue weighted by atomic mass is 16.2. The van der Waals surface area contributed by atoms with Crippen LogP contribution in [0.1, 0.15) is 39.8 Å². The maximum atomic E-state index is 12.7. The molecule has 1 aliphatic rings. The molecule has 2 rings (SSSR count). The van der Waals surface area contributed by atoms with Gasteiger partial charge in [0.25, 0.3) is 0 Å². The lowest BCUT2D eigenvalue weighted by molar-refractivity contribution is -0.156. The van der Waals surface area contributed by atoms with Crippen LogP contribution in [-0.2, 0) is 23.2 Å². The Kier molecular flexibility index (Phi) is 4.02. The Bertz CT molecular complexity index is 551. The van der Waals surface area contributed by atoms with Crippen LogP contribution in [0, 0.1) is 5.92 Å². The van der Waals surface area contributed by atoms with Gasteiger partial charge in [0.2, 0.25) is 11.8 Å². The SMILES string of the molecule is CCC(C)C1C(=O)NC(C)(C)C(=O)N1Cc1cn(C)nn1. The lowest BCUT2D eigenvalue weighted by Crippen LogP contribution is -2.69. The fraction of sp³-hybridized carbons (Fsp3) is 0.714. The Morgan fingerprint density at radius 2 is 2.10 bits per heavy atom. The lowest BCUT2D eigenvalue weighted by atomic mass is 9.89. The average Bonchev–Trinajstić information content (AvgIpc) is 2.80. The van der Waals surface area contributed by atoms with E-state index in [-0.39, 0.29) is 17.7 Å². The lowest BCUT2D eigenvalue weighted by Gasteiger charge is -2.44. The molecule has 1 aromatic heterocycles. The first-order valence-corrected chi connectivity index (χ1v) is 7.24. The summed E-state index contributed by atoms with van der Waals surface area (Å²) in [5.74, 6) is -0.0994. The maximum Gasteiger partial charge on any atom is 0.248 e. The number of amides is 2. The second kappa shape index (κ2) is 5.46. The first-order valence-electron chi connectivity index (χ1n) is 7.24. The van der Waals surface area contributed by atoms with Gasteiger partial charge in [-0.1, -0.05) is 25.5 Å². The number of rotatable bonds is 4. The second-order valence-corrected chi connectivity index (χ2v) is 6.26. The van der Waals surface area contributed by atoms with Gasteiger partial charge < -0.3 is 10.2 Å². The predicted molar refractivity (Wildman–Crippen MR) is 77.0 cm³/mol. The number of hydrogen-bond acceptors (Lipinski definition) is 4. The molecule has 2 heterocycles. The van der Waals surface area contributed by atoms with Crippen molar-refractivity contribution in [1.82, 2.24) is 25.2 Å². The summed E-state index contributed by atoms with van der Waals surface area (Å²) >= 11 is 0. The van der Waals surface area contributed by atoms with Crippen LogP contribution in [0.15, 0.2) is 6.20 Å². The summed E-state index contributed by atoms with van der Waals surface area (Å²) in [6, 6.07) is -0.461. The third kappa shape index (κ3) is 2.91. The van der Waals surface area contributed by atoms with E-state index in [1.807, 2.05) is 13.8 Å². The van der Waals surface area contributed by atoms with Gasteiger partial charge in [-0.3, -0.25) is 14.3 Å².